The van der Waals surface area contributed by atoms with Crippen LogP contribution in [0.15, 0.2) is 36.4 Å². The second-order valence-electron chi connectivity index (χ2n) is 6.00. The number of hydrogen-bond donors (Lipinski definition) is 0. The highest BCUT2D eigenvalue weighted by Crippen LogP contribution is 2.23. The zero-order valence-electron chi connectivity index (χ0n) is 13.7. The summed E-state index contributed by atoms with van der Waals surface area (Å²) in [5, 5.41) is 0. The topological polar surface area (TPSA) is 52.1 Å². The number of ether oxygens (including phenoxy) is 1. The van der Waals surface area contributed by atoms with Crippen molar-refractivity contribution in [3.63, 3.8) is 0 Å². The summed E-state index contributed by atoms with van der Waals surface area (Å²) in [6, 6.07) is 11.5. The van der Waals surface area contributed by atoms with Gasteiger partial charge in [-0.1, -0.05) is 32.0 Å². The molecule has 23 heavy (non-hydrogen) atoms. The third-order valence-electron chi connectivity index (χ3n) is 3.70. The molecular formula is C19H20N2O2. The fraction of sp³-hybridized carbons (Fsp3) is 0.316. The van der Waals surface area contributed by atoms with Crippen LogP contribution in [0.4, 0.5) is 0 Å². The SMILES string of the molecule is CCOC(=O)c1cccc2nc3cccc(CC(C)C)c3nc12. The third-order valence-corrected chi connectivity index (χ3v) is 3.70. The van der Waals surface area contributed by atoms with E-state index in [0.717, 1.165) is 23.0 Å². The van der Waals surface area contributed by atoms with Gasteiger partial charge < -0.3 is 4.74 Å². The molecule has 0 atom stereocenters. The van der Waals surface area contributed by atoms with E-state index < -0.39 is 0 Å². The van der Waals surface area contributed by atoms with Crippen LogP contribution in [0.5, 0.6) is 0 Å². The number of fused-ring (bicyclic) bond motifs is 2. The van der Waals surface area contributed by atoms with E-state index in [2.05, 4.69) is 24.9 Å². The van der Waals surface area contributed by atoms with Crippen molar-refractivity contribution < 1.29 is 9.53 Å². The summed E-state index contributed by atoms with van der Waals surface area (Å²) in [4.78, 5) is 21.6. The molecule has 0 N–H and O–H groups in total. The van der Waals surface area contributed by atoms with Gasteiger partial charge in [0.15, 0.2) is 0 Å². The summed E-state index contributed by atoms with van der Waals surface area (Å²) in [6.45, 7) is 6.49. The molecule has 1 heterocycles. The first-order chi connectivity index (χ1) is 11.1. The fourth-order valence-electron chi connectivity index (χ4n) is 2.76. The van der Waals surface area contributed by atoms with E-state index in [-0.39, 0.29) is 5.97 Å². The molecule has 0 saturated carbocycles. The maximum absolute atomic E-state index is 12.2. The third kappa shape index (κ3) is 3.02. The first-order valence-electron chi connectivity index (χ1n) is 7.95. The number of hydrogen-bond acceptors (Lipinski definition) is 4. The lowest BCUT2D eigenvalue weighted by Crippen LogP contribution is -2.07. The van der Waals surface area contributed by atoms with Crippen LogP contribution in [0.1, 0.15) is 36.7 Å². The van der Waals surface area contributed by atoms with Crippen molar-refractivity contribution in [2.45, 2.75) is 27.2 Å². The van der Waals surface area contributed by atoms with Crippen molar-refractivity contribution in [3.8, 4) is 0 Å². The predicted octanol–water partition coefficient (Wildman–Crippen LogP) is 4.16. The van der Waals surface area contributed by atoms with Crippen LogP contribution in [0.3, 0.4) is 0 Å². The zero-order valence-corrected chi connectivity index (χ0v) is 13.7. The highest BCUT2D eigenvalue weighted by atomic mass is 16.5. The molecule has 3 aromatic rings. The summed E-state index contributed by atoms with van der Waals surface area (Å²) in [7, 11) is 0. The minimum absolute atomic E-state index is 0.342. The van der Waals surface area contributed by atoms with Gasteiger partial charge in [0.2, 0.25) is 0 Å². The van der Waals surface area contributed by atoms with Crippen molar-refractivity contribution in [1.82, 2.24) is 9.97 Å². The van der Waals surface area contributed by atoms with Crippen LogP contribution >= 0.6 is 0 Å². The van der Waals surface area contributed by atoms with Gasteiger partial charge >= 0.3 is 5.97 Å². The Morgan fingerprint density at radius 3 is 2.43 bits per heavy atom. The Hall–Kier alpha value is -2.49. The molecule has 4 nitrogen and oxygen atoms in total. The zero-order chi connectivity index (χ0) is 16.4. The molecule has 118 valence electrons. The molecule has 2 aromatic carbocycles. The first-order valence-corrected chi connectivity index (χ1v) is 7.95. The lowest BCUT2D eigenvalue weighted by Gasteiger charge is -2.10. The second-order valence-corrected chi connectivity index (χ2v) is 6.00. The first kappa shape index (κ1) is 15.4. The molecule has 0 radical (unpaired) electrons. The predicted molar refractivity (Wildman–Crippen MR) is 91.5 cm³/mol. The maximum atomic E-state index is 12.2. The van der Waals surface area contributed by atoms with E-state index >= 15 is 0 Å². The van der Waals surface area contributed by atoms with E-state index in [0.29, 0.717) is 29.1 Å². The number of para-hydroxylation sites is 2. The lowest BCUT2D eigenvalue weighted by molar-refractivity contribution is 0.0528. The minimum Gasteiger partial charge on any atom is -0.462 e. The van der Waals surface area contributed by atoms with Gasteiger partial charge in [-0.25, -0.2) is 14.8 Å². The van der Waals surface area contributed by atoms with Gasteiger partial charge in [-0.3, -0.25) is 0 Å². The van der Waals surface area contributed by atoms with Crippen LogP contribution in [0, 0.1) is 5.92 Å². The molecule has 0 saturated heterocycles. The number of rotatable bonds is 4. The van der Waals surface area contributed by atoms with Gasteiger partial charge in [0, 0.05) is 0 Å². The van der Waals surface area contributed by atoms with Crippen molar-refractivity contribution >= 4 is 28.0 Å². The number of carbonyl (C=O) groups excluding carboxylic acids is 1. The summed E-state index contributed by atoms with van der Waals surface area (Å²) in [6.07, 6.45) is 0.930. The van der Waals surface area contributed by atoms with Crippen LogP contribution in [0.2, 0.25) is 0 Å². The normalized spacial score (nSPS) is 11.3. The minimum atomic E-state index is -0.354. The molecule has 0 unspecified atom stereocenters. The van der Waals surface area contributed by atoms with Gasteiger partial charge in [0.05, 0.1) is 28.7 Å². The highest BCUT2D eigenvalue weighted by molar-refractivity contribution is 6.03. The molecule has 0 aliphatic rings. The Labute approximate surface area is 135 Å². The number of carbonyl (C=O) groups is 1. The van der Waals surface area contributed by atoms with Crippen LogP contribution < -0.4 is 0 Å². The molecule has 0 amide bonds. The number of benzene rings is 2. The maximum Gasteiger partial charge on any atom is 0.340 e. The van der Waals surface area contributed by atoms with Crippen molar-refractivity contribution in [1.29, 1.82) is 0 Å². The largest absolute Gasteiger partial charge is 0.462 e. The van der Waals surface area contributed by atoms with Gasteiger partial charge in [0.1, 0.15) is 5.52 Å². The van der Waals surface area contributed by atoms with Crippen molar-refractivity contribution in [3.05, 3.63) is 47.5 Å². The molecule has 0 aliphatic heterocycles. The van der Waals surface area contributed by atoms with E-state index in [4.69, 9.17) is 9.72 Å². The molecule has 0 fully saturated rings. The van der Waals surface area contributed by atoms with Gasteiger partial charge in [-0.15, -0.1) is 0 Å². The van der Waals surface area contributed by atoms with Crippen LogP contribution in [0.25, 0.3) is 22.1 Å². The molecule has 0 aliphatic carbocycles. The average Bonchev–Trinajstić information content (AvgIpc) is 2.52. The quantitative estimate of drug-likeness (QED) is 0.536. The van der Waals surface area contributed by atoms with E-state index in [1.54, 1.807) is 13.0 Å². The van der Waals surface area contributed by atoms with E-state index in [1.165, 1.54) is 0 Å². The summed E-state index contributed by atoms with van der Waals surface area (Å²) >= 11 is 0. The summed E-state index contributed by atoms with van der Waals surface area (Å²) < 4.78 is 5.14. The van der Waals surface area contributed by atoms with Gasteiger partial charge in [-0.05, 0) is 43.0 Å². The van der Waals surface area contributed by atoms with E-state index in [1.807, 2.05) is 24.3 Å². The summed E-state index contributed by atoms with van der Waals surface area (Å²) in [5.74, 6) is 0.173. The van der Waals surface area contributed by atoms with Gasteiger partial charge in [0.25, 0.3) is 0 Å². The Balaban J connectivity index is 2.25. The number of nitrogens with zero attached hydrogens (tertiary/aromatic N) is 2. The molecule has 4 heteroatoms. The molecular weight excluding hydrogens is 288 g/mol. The van der Waals surface area contributed by atoms with Crippen molar-refractivity contribution in [2.75, 3.05) is 6.61 Å². The molecule has 1 aromatic heterocycles. The van der Waals surface area contributed by atoms with Crippen LogP contribution in [-0.4, -0.2) is 22.5 Å². The van der Waals surface area contributed by atoms with E-state index in [9.17, 15) is 4.79 Å². The number of esters is 1. The molecule has 0 spiro atoms. The lowest BCUT2D eigenvalue weighted by atomic mass is 10.0. The average molecular weight is 308 g/mol. The fourth-order valence-corrected chi connectivity index (χ4v) is 2.76. The Bertz CT molecular complexity index is 872. The second kappa shape index (κ2) is 6.32. The smallest absolute Gasteiger partial charge is 0.340 e. The molecule has 0 bridgehead atoms. The Morgan fingerprint density at radius 2 is 1.74 bits per heavy atom. The number of aromatic nitrogens is 2. The van der Waals surface area contributed by atoms with Crippen LogP contribution in [-0.2, 0) is 11.2 Å². The molecule has 3 rings (SSSR count). The van der Waals surface area contributed by atoms with Gasteiger partial charge in [-0.2, -0.15) is 0 Å². The highest BCUT2D eigenvalue weighted by Gasteiger charge is 2.15. The Kier molecular flexibility index (Phi) is 4.24. The van der Waals surface area contributed by atoms with Crippen molar-refractivity contribution in [2.24, 2.45) is 5.92 Å². The monoisotopic (exact) mass is 308 g/mol. The standard InChI is InChI=1S/C19H20N2O2/c1-4-23-19(22)14-8-6-10-16-18(14)21-17-13(11-12(2)3)7-5-9-15(17)20-16/h5-10,12H,4,11H2,1-3H3. The Morgan fingerprint density at radius 1 is 1.04 bits per heavy atom. The summed E-state index contributed by atoms with van der Waals surface area (Å²) in [5.41, 5.74) is 4.67.